The van der Waals surface area contributed by atoms with Crippen LogP contribution in [0.4, 0.5) is 0 Å². The molecule has 7 nitrogen and oxygen atoms in total. The van der Waals surface area contributed by atoms with Gasteiger partial charge in [0.1, 0.15) is 11.5 Å². The number of benzene rings is 5. The Morgan fingerprint density at radius 1 is 0.641 bits per heavy atom. The van der Waals surface area contributed by atoms with Crippen molar-refractivity contribution in [2.45, 2.75) is 0 Å². The molecule has 0 aliphatic carbocycles. The lowest BCUT2D eigenvalue weighted by atomic mass is 10.0. The molecule has 0 radical (unpaired) electrons. The van der Waals surface area contributed by atoms with E-state index in [1.165, 1.54) is 12.3 Å². The van der Waals surface area contributed by atoms with Gasteiger partial charge in [0, 0.05) is 17.2 Å². The Bertz CT molecular complexity index is 1680. The van der Waals surface area contributed by atoms with Gasteiger partial charge in [0.25, 0.3) is 5.91 Å². The van der Waals surface area contributed by atoms with Crippen molar-refractivity contribution in [3.8, 4) is 11.5 Å². The second-order valence-electron chi connectivity index (χ2n) is 8.44. The van der Waals surface area contributed by atoms with E-state index < -0.39 is 11.9 Å². The maximum absolute atomic E-state index is 12.8. The molecule has 190 valence electrons. The van der Waals surface area contributed by atoms with E-state index in [-0.39, 0.29) is 17.4 Å². The Hall–Kier alpha value is -5.56. The third-order valence-corrected chi connectivity index (χ3v) is 5.82. The summed E-state index contributed by atoms with van der Waals surface area (Å²) in [7, 11) is 0. The Labute approximate surface area is 224 Å². The molecule has 0 aromatic heterocycles. The Morgan fingerprint density at radius 2 is 1.26 bits per heavy atom. The molecule has 1 amide bonds. The monoisotopic (exact) mass is 514 g/mol. The molecule has 0 unspecified atom stereocenters. The van der Waals surface area contributed by atoms with E-state index in [2.05, 4.69) is 10.5 Å². The van der Waals surface area contributed by atoms with Crippen LogP contribution in [-0.4, -0.2) is 24.1 Å². The smallest absolute Gasteiger partial charge is 0.343 e. The van der Waals surface area contributed by atoms with Gasteiger partial charge in [-0.3, -0.25) is 4.79 Å². The average molecular weight is 515 g/mol. The van der Waals surface area contributed by atoms with Crippen LogP contribution in [0.2, 0.25) is 0 Å². The van der Waals surface area contributed by atoms with Crippen molar-refractivity contribution in [2.24, 2.45) is 5.10 Å². The highest BCUT2D eigenvalue weighted by atomic mass is 16.5. The summed E-state index contributed by atoms with van der Waals surface area (Å²) in [5.41, 5.74) is 4.11. The number of carbonyl (C=O) groups excluding carboxylic acids is 3. The SMILES string of the molecule is O=C(Oc1ccc(C=NNC(=O)c2cccc3ccccc23)c(OC(=O)c2ccccc2)c1)c1ccccc1. The van der Waals surface area contributed by atoms with Crippen LogP contribution in [0.1, 0.15) is 36.6 Å². The number of nitrogens with one attached hydrogen (secondary N) is 1. The molecular weight excluding hydrogens is 492 g/mol. The molecule has 0 spiro atoms. The third kappa shape index (κ3) is 6.06. The topological polar surface area (TPSA) is 94.1 Å². The van der Waals surface area contributed by atoms with Crippen molar-refractivity contribution in [3.05, 3.63) is 144 Å². The van der Waals surface area contributed by atoms with Crippen molar-refractivity contribution in [1.82, 2.24) is 5.43 Å². The first kappa shape index (κ1) is 25.1. The van der Waals surface area contributed by atoms with Crippen LogP contribution < -0.4 is 14.9 Å². The molecule has 5 aromatic rings. The van der Waals surface area contributed by atoms with E-state index in [4.69, 9.17) is 9.47 Å². The van der Waals surface area contributed by atoms with Gasteiger partial charge in [0.05, 0.1) is 17.3 Å². The molecule has 0 fully saturated rings. The Kier molecular flexibility index (Phi) is 7.51. The minimum atomic E-state index is -0.600. The lowest BCUT2D eigenvalue weighted by molar-refractivity contribution is 0.0732. The average Bonchev–Trinajstić information content (AvgIpc) is 2.98. The van der Waals surface area contributed by atoms with Gasteiger partial charge in [-0.1, -0.05) is 72.8 Å². The number of rotatable bonds is 7. The van der Waals surface area contributed by atoms with Crippen molar-refractivity contribution >= 4 is 34.8 Å². The number of esters is 2. The molecule has 0 bridgehead atoms. The highest BCUT2D eigenvalue weighted by molar-refractivity contribution is 6.07. The van der Waals surface area contributed by atoms with Gasteiger partial charge < -0.3 is 9.47 Å². The van der Waals surface area contributed by atoms with E-state index in [0.717, 1.165) is 10.8 Å². The number of ether oxygens (including phenoxy) is 2. The van der Waals surface area contributed by atoms with Gasteiger partial charge in [-0.25, -0.2) is 15.0 Å². The molecule has 5 rings (SSSR count). The highest BCUT2D eigenvalue weighted by Gasteiger charge is 2.15. The quantitative estimate of drug-likeness (QED) is 0.124. The summed E-state index contributed by atoms with van der Waals surface area (Å²) >= 11 is 0. The summed E-state index contributed by atoms with van der Waals surface area (Å²) in [6.07, 6.45) is 1.36. The van der Waals surface area contributed by atoms with Crippen LogP contribution >= 0.6 is 0 Å². The van der Waals surface area contributed by atoms with Gasteiger partial charge in [-0.15, -0.1) is 0 Å². The first-order chi connectivity index (χ1) is 19.1. The highest BCUT2D eigenvalue weighted by Crippen LogP contribution is 2.26. The first-order valence-electron chi connectivity index (χ1n) is 12.1. The number of hydrazone groups is 1. The third-order valence-electron chi connectivity index (χ3n) is 5.82. The van der Waals surface area contributed by atoms with E-state index in [1.807, 2.05) is 30.3 Å². The van der Waals surface area contributed by atoms with Crippen molar-refractivity contribution < 1.29 is 23.9 Å². The maximum Gasteiger partial charge on any atom is 0.343 e. The maximum atomic E-state index is 12.8. The minimum Gasteiger partial charge on any atom is -0.423 e. The van der Waals surface area contributed by atoms with Crippen molar-refractivity contribution in [2.75, 3.05) is 0 Å². The molecule has 39 heavy (non-hydrogen) atoms. The Balaban J connectivity index is 1.38. The fraction of sp³-hybridized carbons (Fsp3) is 0. The molecule has 0 aliphatic rings. The summed E-state index contributed by atoms with van der Waals surface area (Å²) < 4.78 is 11.1. The second-order valence-corrected chi connectivity index (χ2v) is 8.44. The van der Waals surface area contributed by atoms with Crippen LogP contribution in [0, 0.1) is 0 Å². The van der Waals surface area contributed by atoms with Crippen LogP contribution in [0.5, 0.6) is 11.5 Å². The van der Waals surface area contributed by atoms with E-state index >= 15 is 0 Å². The number of amides is 1. The summed E-state index contributed by atoms with van der Waals surface area (Å²) in [4.78, 5) is 38.1. The summed E-state index contributed by atoms with van der Waals surface area (Å²) in [5, 5.41) is 5.82. The van der Waals surface area contributed by atoms with Crippen LogP contribution in [0.25, 0.3) is 10.8 Å². The first-order valence-corrected chi connectivity index (χ1v) is 12.1. The van der Waals surface area contributed by atoms with Gasteiger partial charge in [-0.05, 0) is 53.2 Å². The zero-order valence-electron chi connectivity index (χ0n) is 20.6. The molecule has 0 atom stereocenters. The minimum absolute atomic E-state index is 0.102. The second kappa shape index (κ2) is 11.7. The fourth-order valence-electron chi connectivity index (χ4n) is 3.89. The molecule has 0 heterocycles. The molecule has 5 aromatic carbocycles. The standard InChI is InChI=1S/C32H22N2O5/c35-30(28-17-9-15-22-10-7-8-16-27(22)28)34-33-21-25-18-19-26(38-31(36)23-11-3-1-4-12-23)20-29(25)39-32(37)24-13-5-2-6-14-24/h1-21H,(H,34,35). The number of nitrogens with zero attached hydrogens (tertiary/aromatic N) is 1. The molecular formula is C32H22N2O5. The summed E-state index contributed by atoms with van der Waals surface area (Å²) in [6, 6.07) is 34.6. The van der Waals surface area contributed by atoms with E-state index in [9.17, 15) is 14.4 Å². The predicted molar refractivity (Wildman–Crippen MR) is 148 cm³/mol. The predicted octanol–water partition coefficient (Wildman–Crippen LogP) is 6.04. The zero-order chi connectivity index (χ0) is 27.0. The van der Waals surface area contributed by atoms with E-state index in [0.29, 0.717) is 22.3 Å². The fourth-order valence-corrected chi connectivity index (χ4v) is 3.89. The van der Waals surface area contributed by atoms with Gasteiger partial charge in [0.15, 0.2) is 0 Å². The van der Waals surface area contributed by atoms with Crippen molar-refractivity contribution in [3.63, 3.8) is 0 Å². The molecule has 7 heteroatoms. The van der Waals surface area contributed by atoms with Gasteiger partial charge in [-0.2, -0.15) is 5.10 Å². The zero-order valence-corrected chi connectivity index (χ0v) is 20.6. The number of fused-ring (bicyclic) bond motifs is 1. The largest absolute Gasteiger partial charge is 0.423 e. The van der Waals surface area contributed by atoms with Crippen LogP contribution in [-0.2, 0) is 0 Å². The van der Waals surface area contributed by atoms with Crippen molar-refractivity contribution in [1.29, 1.82) is 0 Å². The number of hydrogen-bond acceptors (Lipinski definition) is 6. The molecule has 1 N–H and O–H groups in total. The van der Waals surface area contributed by atoms with Gasteiger partial charge in [0.2, 0.25) is 0 Å². The molecule has 0 saturated heterocycles. The normalized spacial score (nSPS) is 10.8. The van der Waals surface area contributed by atoms with Gasteiger partial charge >= 0.3 is 11.9 Å². The number of hydrogen-bond donors (Lipinski definition) is 1. The van der Waals surface area contributed by atoms with Crippen LogP contribution in [0.15, 0.2) is 126 Å². The Morgan fingerprint density at radius 3 is 1.97 bits per heavy atom. The summed E-state index contributed by atoms with van der Waals surface area (Å²) in [6.45, 7) is 0. The number of carbonyl (C=O) groups is 3. The van der Waals surface area contributed by atoms with E-state index in [1.54, 1.807) is 84.9 Å². The summed E-state index contributed by atoms with van der Waals surface area (Å²) in [5.74, 6) is -1.27. The molecule has 0 aliphatic heterocycles. The lowest BCUT2D eigenvalue weighted by Crippen LogP contribution is -2.18. The lowest BCUT2D eigenvalue weighted by Gasteiger charge is -2.11. The van der Waals surface area contributed by atoms with Crippen LogP contribution in [0.3, 0.4) is 0 Å². The molecule has 0 saturated carbocycles.